The topological polar surface area (TPSA) is 131 Å². The number of hydrogen-bond acceptors (Lipinski definition) is 4. The van der Waals surface area contributed by atoms with Gasteiger partial charge in [-0.3, -0.25) is 4.79 Å². The minimum absolute atomic E-state index is 0. The van der Waals surface area contributed by atoms with E-state index in [1.807, 2.05) is 0 Å². The summed E-state index contributed by atoms with van der Waals surface area (Å²) in [6.45, 7) is 0. The van der Waals surface area contributed by atoms with Crippen LogP contribution in [0.1, 0.15) is 10.4 Å². The van der Waals surface area contributed by atoms with Gasteiger partial charge in [-0.1, -0.05) is 30.3 Å². The summed E-state index contributed by atoms with van der Waals surface area (Å²) in [5.74, 6) is -3.46. The number of alkyl halides is 3. The van der Waals surface area contributed by atoms with Crippen LogP contribution in [0.25, 0.3) is 21.7 Å². The van der Waals surface area contributed by atoms with Crippen LogP contribution in [0.3, 0.4) is 0 Å². The molecule has 0 aliphatic heterocycles. The first-order valence-electron chi connectivity index (χ1n) is 6.10. The molecule has 5 N–H and O–H groups in total. The maximum Gasteiger partial charge on any atom is 0.455 e. The van der Waals surface area contributed by atoms with Gasteiger partial charge in [0, 0.05) is 40.4 Å². The average molecular weight is 495 g/mol. The Hall–Kier alpha value is -1.57. The third-order valence-corrected chi connectivity index (χ3v) is 3.26. The van der Waals surface area contributed by atoms with E-state index < -0.39 is 28.9 Å². The third kappa shape index (κ3) is 3.99. The van der Waals surface area contributed by atoms with Crippen LogP contribution in [-0.4, -0.2) is 28.0 Å². The second-order valence-corrected chi connectivity index (χ2v) is 4.60. The number of benzene rings is 2. The maximum absolute atomic E-state index is 12.6. The van der Waals surface area contributed by atoms with Crippen molar-refractivity contribution in [3.8, 4) is 5.75 Å². The van der Waals surface area contributed by atoms with E-state index in [0.29, 0.717) is 10.8 Å². The van der Waals surface area contributed by atoms with Gasteiger partial charge in [0.25, 0.3) is 5.78 Å². The van der Waals surface area contributed by atoms with Gasteiger partial charge in [-0.15, -0.1) is 0 Å². The number of rotatable bonds is 1. The van der Waals surface area contributed by atoms with Gasteiger partial charge >= 0.3 is 11.8 Å². The molecule has 0 saturated heterocycles. The van der Waals surface area contributed by atoms with Crippen LogP contribution in [-0.2, 0) is 0 Å². The van der Waals surface area contributed by atoms with Gasteiger partial charge in [0.2, 0.25) is 0 Å². The monoisotopic (exact) mass is 496 g/mol. The van der Waals surface area contributed by atoms with Crippen molar-refractivity contribution in [1.29, 1.82) is 0 Å². The van der Waals surface area contributed by atoms with Crippen molar-refractivity contribution < 1.29 is 78.8 Å². The molecule has 0 radical (unpaired) electrons. The molecule has 10 heteroatoms. The second kappa shape index (κ2) is 8.20. The molecule has 0 amide bonds. The van der Waals surface area contributed by atoms with Crippen molar-refractivity contribution in [2.24, 2.45) is 0 Å². The summed E-state index contributed by atoms with van der Waals surface area (Å²) in [5, 5.41) is 11.0. The molecule has 0 bridgehead atoms. The fourth-order valence-corrected chi connectivity index (χ4v) is 2.30. The van der Waals surface area contributed by atoms with E-state index in [2.05, 4.69) is 0 Å². The Labute approximate surface area is 170 Å². The fourth-order valence-electron chi connectivity index (χ4n) is 2.30. The molecule has 3 rings (SSSR count). The molecule has 1 heterocycles. The van der Waals surface area contributed by atoms with Gasteiger partial charge in [-0.25, -0.2) is 4.79 Å². The van der Waals surface area contributed by atoms with Gasteiger partial charge in [0.1, 0.15) is 11.3 Å². The molecule has 0 atom stereocenters. The summed E-state index contributed by atoms with van der Waals surface area (Å²) in [7, 11) is 0. The molecular formula is C15H11F3O6Sm. The third-order valence-electron chi connectivity index (χ3n) is 3.26. The number of ketones is 1. The molecule has 2 aromatic carbocycles. The quantitative estimate of drug-likeness (QED) is 0.314. The molecule has 134 valence electrons. The number of halogens is 3. The summed E-state index contributed by atoms with van der Waals surface area (Å²) in [6.07, 6.45) is -5.29. The van der Waals surface area contributed by atoms with Crippen LogP contribution in [0.5, 0.6) is 5.75 Å². The fraction of sp³-hybridized carbons (Fsp3) is 0.0667. The molecular weight excluding hydrogens is 484 g/mol. The Morgan fingerprint density at radius 2 is 1.64 bits per heavy atom. The zero-order valence-corrected chi connectivity index (χ0v) is 14.8. The van der Waals surface area contributed by atoms with Crippen molar-refractivity contribution in [2.45, 2.75) is 6.18 Å². The van der Waals surface area contributed by atoms with Crippen molar-refractivity contribution in [3.05, 3.63) is 52.4 Å². The zero-order chi connectivity index (χ0) is 16.1. The number of aromatic hydroxyl groups is 1. The van der Waals surface area contributed by atoms with Crippen LogP contribution in [0.15, 0.2) is 45.6 Å². The number of fused-ring (bicyclic) bond motifs is 3. The Morgan fingerprint density at radius 3 is 2.24 bits per heavy atom. The number of carbonyl (C=O) groups excluding carboxylic acids is 1. The molecule has 0 unspecified atom stereocenters. The predicted octanol–water partition coefficient (Wildman–Crippen LogP) is 1.75. The predicted molar refractivity (Wildman–Crippen MR) is 79.3 cm³/mol. The standard InChI is InChI=1S/C15H7F3O4.2H2O.Sm/c16-15(17,18)13(20)11-12(19)10-8-4-2-1-3-7(8)5-6-9(10)22-14(11)21;;;/h1-6,19H;2*1H2;. The van der Waals surface area contributed by atoms with Crippen LogP contribution >= 0.6 is 0 Å². The molecule has 1 aromatic heterocycles. The van der Waals surface area contributed by atoms with Gasteiger partial charge in [-0.2, -0.15) is 13.2 Å². The van der Waals surface area contributed by atoms with E-state index in [-0.39, 0.29) is 62.3 Å². The minimum Gasteiger partial charge on any atom is -0.506 e. The molecule has 6 nitrogen and oxygen atoms in total. The Kier molecular flexibility index (Phi) is 7.69. The number of carbonyl (C=O) groups is 1. The first-order chi connectivity index (χ1) is 10.3. The van der Waals surface area contributed by atoms with E-state index in [4.69, 9.17) is 4.42 Å². The molecule has 0 aliphatic rings. The summed E-state index contributed by atoms with van der Waals surface area (Å²) >= 11 is 0. The summed E-state index contributed by atoms with van der Waals surface area (Å²) in [4.78, 5) is 23.0. The SMILES string of the molecule is O.O.O=C(c1c(O)c2c(ccc3ccccc32)oc1=O)C(F)(F)F.[Sm]. The summed E-state index contributed by atoms with van der Waals surface area (Å²) < 4.78 is 42.5. The van der Waals surface area contributed by atoms with Gasteiger partial charge in [0.05, 0.1) is 5.39 Å². The Bertz CT molecular complexity index is 981. The molecule has 0 aliphatic carbocycles. The molecule has 25 heavy (non-hydrogen) atoms. The minimum atomic E-state index is -5.29. The molecule has 0 saturated carbocycles. The van der Waals surface area contributed by atoms with Crippen LogP contribution in [0.2, 0.25) is 0 Å². The van der Waals surface area contributed by atoms with E-state index in [1.165, 1.54) is 6.07 Å². The first kappa shape index (κ1) is 23.4. The van der Waals surface area contributed by atoms with Crippen LogP contribution in [0, 0.1) is 40.4 Å². The Morgan fingerprint density at radius 1 is 1.04 bits per heavy atom. The maximum atomic E-state index is 12.6. The van der Waals surface area contributed by atoms with Gasteiger partial charge < -0.3 is 20.5 Å². The van der Waals surface area contributed by atoms with E-state index in [0.717, 1.165) is 0 Å². The van der Waals surface area contributed by atoms with E-state index in [9.17, 15) is 27.9 Å². The Balaban J connectivity index is 0.00000192. The van der Waals surface area contributed by atoms with Gasteiger partial charge in [-0.05, 0) is 16.8 Å². The zero-order valence-electron chi connectivity index (χ0n) is 12.2. The van der Waals surface area contributed by atoms with E-state index >= 15 is 0 Å². The number of hydrogen-bond donors (Lipinski definition) is 1. The van der Waals surface area contributed by atoms with Crippen LogP contribution in [0.4, 0.5) is 13.2 Å². The molecule has 0 spiro atoms. The van der Waals surface area contributed by atoms with Crippen molar-refractivity contribution >= 4 is 27.5 Å². The van der Waals surface area contributed by atoms with Crippen molar-refractivity contribution in [1.82, 2.24) is 0 Å². The normalized spacial score (nSPS) is 10.5. The smallest absolute Gasteiger partial charge is 0.455 e. The molecule has 3 aromatic rings. The summed E-state index contributed by atoms with van der Waals surface area (Å²) in [6, 6.07) is 9.46. The first-order valence-corrected chi connectivity index (χ1v) is 6.10. The van der Waals surface area contributed by atoms with Gasteiger partial charge in [0.15, 0.2) is 5.56 Å². The average Bonchev–Trinajstić information content (AvgIpc) is 2.45. The van der Waals surface area contributed by atoms with Crippen molar-refractivity contribution in [2.75, 3.05) is 0 Å². The second-order valence-electron chi connectivity index (χ2n) is 4.60. The van der Waals surface area contributed by atoms with E-state index in [1.54, 1.807) is 30.3 Å². The molecule has 0 fully saturated rings. The summed E-state index contributed by atoms with van der Waals surface area (Å²) in [5.41, 5.74) is -3.03. The van der Waals surface area contributed by atoms with Crippen LogP contribution < -0.4 is 5.63 Å². The number of Topliss-reactive ketones (excluding diaryl/α,β-unsaturated/α-hetero) is 1. The van der Waals surface area contributed by atoms with Crippen molar-refractivity contribution in [3.63, 3.8) is 0 Å². The largest absolute Gasteiger partial charge is 0.506 e.